The van der Waals surface area contributed by atoms with Gasteiger partial charge >= 0.3 is 5.97 Å². The van der Waals surface area contributed by atoms with Crippen molar-refractivity contribution in [3.05, 3.63) is 34.4 Å². The number of hydrogen-bond acceptors (Lipinski definition) is 6. The third kappa shape index (κ3) is 6.46. The lowest BCUT2D eigenvalue weighted by Crippen LogP contribution is -2.50. The first-order valence-corrected chi connectivity index (χ1v) is 8.49. The summed E-state index contributed by atoms with van der Waals surface area (Å²) in [6.07, 6.45) is 1.58. The van der Waals surface area contributed by atoms with Crippen molar-refractivity contribution in [2.75, 3.05) is 32.0 Å². The van der Waals surface area contributed by atoms with E-state index in [9.17, 15) is 19.7 Å². The molecule has 10 heteroatoms. The number of carboxylic acid groups (broad SMARTS) is 1. The summed E-state index contributed by atoms with van der Waals surface area (Å²) >= 11 is 0. The maximum absolute atomic E-state index is 12.4. The zero-order chi connectivity index (χ0) is 19.3. The number of rotatable bonds is 7. The molecule has 0 aliphatic carbocycles. The lowest BCUT2D eigenvalue weighted by atomic mass is 10.0. The molecule has 2 rings (SSSR count). The van der Waals surface area contributed by atoms with Crippen LogP contribution in [0, 0.1) is 10.1 Å². The summed E-state index contributed by atoms with van der Waals surface area (Å²) in [5, 5.41) is 22.4. The molecule has 1 aliphatic rings. The normalized spacial score (nSPS) is 16.4. The summed E-state index contributed by atoms with van der Waals surface area (Å²) in [6.45, 7) is 3.19. The standard InChI is InChI=1S/C17H24N4O5.ClH/c1-12(17(24)18-13-4-3-5-15(10-13)21(25)26)20-8-6-14(7-9-20)19(2)11-16(22)23;/h3-5,10,12,14H,6-9,11H2,1-2H3,(H,18,24)(H,22,23);1H. The molecule has 2 N–H and O–H groups in total. The summed E-state index contributed by atoms with van der Waals surface area (Å²) in [5.74, 6) is -1.07. The van der Waals surface area contributed by atoms with Gasteiger partial charge in [0.2, 0.25) is 5.91 Å². The highest BCUT2D eigenvalue weighted by atomic mass is 35.5. The minimum atomic E-state index is -0.848. The van der Waals surface area contributed by atoms with Crippen molar-refractivity contribution < 1.29 is 19.6 Å². The number of nitro groups is 1. The lowest BCUT2D eigenvalue weighted by Gasteiger charge is -2.38. The Morgan fingerprint density at radius 1 is 1.41 bits per heavy atom. The number of halogens is 1. The number of amides is 1. The Morgan fingerprint density at radius 2 is 2.04 bits per heavy atom. The first kappa shape index (κ1) is 22.8. The van der Waals surface area contributed by atoms with E-state index in [-0.39, 0.29) is 42.6 Å². The fourth-order valence-corrected chi connectivity index (χ4v) is 3.17. The number of likely N-dealkylation sites (tertiary alicyclic amines) is 1. The van der Waals surface area contributed by atoms with Gasteiger partial charge in [-0.05, 0) is 32.9 Å². The van der Waals surface area contributed by atoms with Crippen LogP contribution < -0.4 is 5.32 Å². The number of carbonyl (C=O) groups is 2. The third-order valence-corrected chi connectivity index (χ3v) is 4.76. The molecule has 27 heavy (non-hydrogen) atoms. The lowest BCUT2D eigenvalue weighted by molar-refractivity contribution is -0.384. The van der Waals surface area contributed by atoms with Crippen molar-refractivity contribution in [2.45, 2.75) is 31.8 Å². The topological polar surface area (TPSA) is 116 Å². The van der Waals surface area contributed by atoms with E-state index in [1.54, 1.807) is 20.0 Å². The fourth-order valence-electron chi connectivity index (χ4n) is 3.17. The second kappa shape index (κ2) is 10.2. The van der Waals surface area contributed by atoms with E-state index < -0.39 is 10.9 Å². The van der Waals surface area contributed by atoms with Crippen molar-refractivity contribution in [3.63, 3.8) is 0 Å². The van der Waals surface area contributed by atoms with E-state index in [0.717, 1.165) is 12.8 Å². The SMILES string of the molecule is CC(C(=O)Nc1cccc([N+](=O)[O-])c1)N1CCC(N(C)CC(=O)O)CC1.Cl. The Balaban J connectivity index is 0.00000364. The molecule has 9 nitrogen and oxygen atoms in total. The first-order valence-electron chi connectivity index (χ1n) is 8.49. The summed E-state index contributed by atoms with van der Waals surface area (Å²) in [7, 11) is 1.80. The van der Waals surface area contributed by atoms with Gasteiger partial charge in [0, 0.05) is 37.0 Å². The number of aliphatic carboxylic acids is 1. The highest BCUT2D eigenvalue weighted by molar-refractivity contribution is 5.94. The van der Waals surface area contributed by atoms with Crippen LogP contribution in [-0.2, 0) is 9.59 Å². The largest absolute Gasteiger partial charge is 0.480 e. The average molecular weight is 401 g/mol. The molecule has 1 aromatic carbocycles. The van der Waals surface area contributed by atoms with Gasteiger partial charge in [0.1, 0.15) is 0 Å². The quantitative estimate of drug-likeness (QED) is 0.529. The number of piperidine rings is 1. The average Bonchev–Trinajstić information content (AvgIpc) is 2.60. The van der Waals surface area contributed by atoms with Crippen LogP contribution in [0.15, 0.2) is 24.3 Å². The predicted molar refractivity (Wildman–Crippen MR) is 103 cm³/mol. The number of benzene rings is 1. The molecule has 1 fully saturated rings. The molecule has 0 aromatic heterocycles. The third-order valence-electron chi connectivity index (χ3n) is 4.76. The van der Waals surface area contributed by atoms with Gasteiger partial charge < -0.3 is 10.4 Å². The van der Waals surface area contributed by atoms with Gasteiger partial charge in [-0.25, -0.2) is 0 Å². The number of hydrogen-bond donors (Lipinski definition) is 2. The maximum atomic E-state index is 12.4. The number of anilines is 1. The van der Waals surface area contributed by atoms with Gasteiger partial charge in [-0.3, -0.25) is 29.5 Å². The van der Waals surface area contributed by atoms with Crippen LogP contribution in [-0.4, -0.2) is 70.5 Å². The van der Waals surface area contributed by atoms with Crippen LogP contribution in [0.2, 0.25) is 0 Å². The van der Waals surface area contributed by atoms with Gasteiger partial charge in [-0.1, -0.05) is 6.07 Å². The number of carbonyl (C=O) groups excluding carboxylic acids is 1. The number of nitro benzene ring substituents is 1. The van der Waals surface area contributed by atoms with Gasteiger partial charge in [-0.15, -0.1) is 12.4 Å². The monoisotopic (exact) mass is 400 g/mol. The Hall–Kier alpha value is -2.23. The fraction of sp³-hybridized carbons (Fsp3) is 0.529. The van der Waals surface area contributed by atoms with Crippen molar-refractivity contribution in [2.24, 2.45) is 0 Å². The summed E-state index contributed by atoms with van der Waals surface area (Å²) in [5.41, 5.74) is 0.324. The number of non-ortho nitro benzene ring substituents is 1. The molecule has 0 spiro atoms. The minimum Gasteiger partial charge on any atom is -0.480 e. The second-order valence-electron chi connectivity index (χ2n) is 6.55. The molecule has 1 unspecified atom stereocenters. The molecule has 1 saturated heterocycles. The maximum Gasteiger partial charge on any atom is 0.317 e. The predicted octanol–water partition coefficient (Wildman–Crippen LogP) is 1.82. The second-order valence-corrected chi connectivity index (χ2v) is 6.55. The van der Waals surface area contributed by atoms with E-state index in [1.807, 2.05) is 9.80 Å². The van der Waals surface area contributed by atoms with Crippen molar-refractivity contribution >= 4 is 35.7 Å². The van der Waals surface area contributed by atoms with Crippen LogP contribution in [0.1, 0.15) is 19.8 Å². The van der Waals surface area contributed by atoms with Crippen LogP contribution in [0.5, 0.6) is 0 Å². The number of nitrogens with one attached hydrogen (secondary N) is 1. The van der Waals surface area contributed by atoms with Crippen molar-refractivity contribution in [3.8, 4) is 0 Å². The van der Waals surface area contributed by atoms with Crippen LogP contribution >= 0.6 is 12.4 Å². The van der Waals surface area contributed by atoms with Gasteiger partial charge in [0.15, 0.2) is 0 Å². The molecule has 1 heterocycles. The highest BCUT2D eigenvalue weighted by Gasteiger charge is 2.28. The molecule has 0 bridgehead atoms. The highest BCUT2D eigenvalue weighted by Crippen LogP contribution is 2.20. The van der Waals surface area contributed by atoms with E-state index in [1.165, 1.54) is 18.2 Å². The van der Waals surface area contributed by atoms with Crippen molar-refractivity contribution in [1.29, 1.82) is 0 Å². The van der Waals surface area contributed by atoms with E-state index in [4.69, 9.17) is 5.11 Å². The Labute approximate surface area is 163 Å². The van der Waals surface area contributed by atoms with Gasteiger partial charge in [-0.2, -0.15) is 0 Å². The Kier molecular flexibility index (Phi) is 8.61. The molecule has 0 saturated carbocycles. The summed E-state index contributed by atoms with van der Waals surface area (Å²) in [6, 6.07) is 5.66. The van der Waals surface area contributed by atoms with Gasteiger partial charge in [0.05, 0.1) is 17.5 Å². The van der Waals surface area contributed by atoms with Crippen LogP contribution in [0.3, 0.4) is 0 Å². The van der Waals surface area contributed by atoms with Gasteiger partial charge in [0.25, 0.3) is 5.69 Å². The van der Waals surface area contributed by atoms with Crippen molar-refractivity contribution in [1.82, 2.24) is 9.80 Å². The zero-order valence-electron chi connectivity index (χ0n) is 15.3. The van der Waals surface area contributed by atoms with E-state index >= 15 is 0 Å². The molecule has 0 radical (unpaired) electrons. The summed E-state index contributed by atoms with van der Waals surface area (Å²) < 4.78 is 0. The molecule has 1 aromatic rings. The molecule has 1 amide bonds. The molecule has 1 atom stereocenters. The number of nitrogens with zero attached hydrogens (tertiary/aromatic N) is 3. The smallest absolute Gasteiger partial charge is 0.317 e. The molecular weight excluding hydrogens is 376 g/mol. The Morgan fingerprint density at radius 3 is 2.59 bits per heavy atom. The molecule has 1 aliphatic heterocycles. The summed E-state index contributed by atoms with van der Waals surface area (Å²) in [4.78, 5) is 37.4. The zero-order valence-corrected chi connectivity index (χ0v) is 16.1. The number of carboxylic acids is 1. The van der Waals surface area contributed by atoms with E-state index in [0.29, 0.717) is 18.8 Å². The molecular formula is C17H25ClN4O5. The minimum absolute atomic E-state index is 0. The molecule has 150 valence electrons. The first-order chi connectivity index (χ1) is 12.3. The number of likely N-dealkylation sites (N-methyl/N-ethyl adjacent to an activating group) is 1. The van der Waals surface area contributed by atoms with Crippen LogP contribution in [0.25, 0.3) is 0 Å². The van der Waals surface area contributed by atoms with Crippen LogP contribution in [0.4, 0.5) is 11.4 Å². The van der Waals surface area contributed by atoms with E-state index in [2.05, 4.69) is 5.32 Å². The Bertz CT molecular complexity index is 679.